The van der Waals surface area contributed by atoms with E-state index in [4.69, 9.17) is 17.9 Å². The quantitative estimate of drug-likeness (QED) is 0.118. The number of carbonyl (C=O) groups is 2. The van der Waals surface area contributed by atoms with Crippen molar-refractivity contribution >= 4 is 37.6 Å². The number of aliphatic carboxylic acids is 1. The van der Waals surface area contributed by atoms with Gasteiger partial charge in [-0.15, -0.1) is 0 Å². The molecule has 5 unspecified atom stereocenters. The van der Waals surface area contributed by atoms with Crippen molar-refractivity contribution in [3.05, 3.63) is 0 Å². The Balaban J connectivity index is 3.77. The highest BCUT2D eigenvalue weighted by Gasteiger charge is 2.65. The van der Waals surface area contributed by atoms with Gasteiger partial charge in [0.15, 0.2) is 23.9 Å². The van der Waals surface area contributed by atoms with Crippen molar-refractivity contribution in [2.75, 3.05) is 14.2 Å². The van der Waals surface area contributed by atoms with Crippen LogP contribution < -0.4 is 0 Å². The monoisotopic (exact) mass is 581 g/mol. The molecule has 0 saturated carbocycles. The zero-order valence-electron chi connectivity index (χ0n) is 25.4. The molecule has 0 aliphatic carbocycles. The van der Waals surface area contributed by atoms with Crippen molar-refractivity contribution in [2.45, 2.75) is 116 Å². The summed E-state index contributed by atoms with van der Waals surface area (Å²) in [5.41, 5.74) is 0. The Morgan fingerprint density at radius 3 is 1.62 bits per heavy atom. The Kier molecular flexibility index (Phi) is 11.5. The van der Waals surface area contributed by atoms with Gasteiger partial charge in [-0.1, -0.05) is 62.3 Å². The van der Waals surface area contributed by atoms with Gasteiger partial charge in [-0.25, -0.2) is 4.79 Å². The fraction of sp³-hybridized carbons (Fsp3) is 0.920. The van der Waals surface area contributed by atoms with E-state index < -0.39 is 61.1 Å². The van der Waals surface area contributed by atoms with Crippen molar-refractivity contribution in [2.24, 2.45) is 17.8 Å². The highest BCUT2D eigenvalue weighted by molar-refractivity contribution is 7.55. The molecular weight excluding hydrogens is 529 g/mol. The molecule has 12 heteroatoms. The number of carboxylic acids is 1. The fourth-order valence-electron chi connectivity index (χ4n) is 4.66. The maximum atomic E-state index is 13.4. The van der Waals surface area contributed by atoms with E-state index in [1.807, 2.05) is 13.8 Å². The Bertz CT molecular complexity index is 830. The molecule has 218 valence electrons. The van der Waals surface area contributed by atoms with Gasteiger partial charge in [-0.05, 0) is 48.4 Å². The molecule has 0 aromatic carbocycles. The topological polar surface area (TPSA) is 112 Å². The second-order valence-corrected chi connectivity index (χ2v) is 20.6. The summed E-state index contributed by atoms with van der Waals surface area (Å²) >= 11 is 0. The molecule has 37 heavy (non-hydrogen) atoms. The molecule has 1 aliphatic rings. The molecule has 9 nitrogen and oxygen atoms in total. The molecule has 0 bridgehead atoms. The van der Waals surface area contributed by atoms with Crippen LogP contribution in [0.1, 0.15) is 75.7 Å². The third-order valence-corrected chi connectivity index (χ3v) is 18.7. The lowest BCUT2D eigenvalue weighted by atomic mass is 9.80. The number of hydrogen-bond donors (Lipinski definition) is 1. The molecule has 1 aliphatic heterocycles. The largest absolute Gasteiger partial charge is 0.479 e. The minimum absolute atomic E-state index is 0.107. The zero-order chi connectivity index (χ0) is 29.3. The van der Waals surface area contributed by atoms with Crippen LogP contribution in [0, 0.1) is 17.8 Å². The van der Waals surface area contributed by atoms with Crippen LogP contribution in [0.5, 0.6) is 0 Å². The second-order valence-electron chi connectivity index (χ2n) is 12.3. The van der Waals surface area contributed by atoms with Crippen LogP contribution in [-0.4, -0.2) is 71.8 Å². The maximum absolute atomic E-state index is 13.4. The Morgan fingerprint density at radius 2 is 1.35 bits per heavy atom. The Labute approximate surface area is 227 Å². The maximum Gasteiger partial charge on any atom is 0.364 e. The van der Waals surface area contributed by atoms with Crippen molar-refractivity contribution in [1.82, 2.24) is 4.90 Å². The first-order valence-corrected chi connectivity index (χ1v) is 19.3. The minimum Gasteiger partial charge on any atom is -0.479 e. The van der Waals surface area contributed by atoms with Crippen LogP contribution in [0.2, 0.25) is 23.2 Å². The van der Waals surface area contributed by atoms with Crippen LogP contribution in [0.3, 0.4) is 0 Å². The van der Waals surface area contributed by atoms with Gasteiger partial charge in [0.25, 0.3) is 0 Å². The predicted molar refractivity (Wildman–Crippen MR) is 152 cm³/mol. The molecule has 1 heterocycles. The van der Waals surface area contributed by atoms with E-state index in [2.05, 4.69) is 68.5 Å². The predicted octanol–water partition coefficient (Wildman–Crippen LogP) is 5.45. The molecule has 5 atom stereocenters. The molecule has 1 amide bonds. The molecule has 1 rings (SSSR count). The van der Waals surface area contributed by atoms with Crippen LogP contribution in [-0.2, 0) is 32.1 Å². The van der Waals surface area contributed by atoms with Crippen LogP contribution in [0.25, 0.3) is 0 Å². The summed E-state index contributed by atoms with van der Waals surface area (Å²) in [4.78, 5) is 27.0. The van der Waals surface area contributed by atoms with Gasteiger partial charge < -0.3 is 27.9 Å². The van der Waals surface area contributed by atoms with E-state index in [1.165, 1.54) is 0 Å². The van der Waals surface area contributed by atoms with Gasteiger partial charge >= 0.3 is 13.6 Å². The number of carboxylic acid groups (broad SMARTS) is 1. The summed E-state index contributed by atoms with van der Waals surface area (Å²) in [5.74, 6) is -4.82. The Hall–Kier alpha value is -0.556. The molecule has 1 saturated heterocycles. The highest BCUT2D eigenvalue weighted by atomic mass is 31.2. The second kappa shape index (κ2) is 12.3. The van der Waals surface area contributed by atoms with Crippen molar-refractivity contribution in [3.63, 3.8) is 0 Å². The summed E-state index contributed by atoms with van der Waals surface area (Å²) in [7, 11) is -5.91. The fourth-order valence-corrected chi connectivity index (χ4v) is 10.4. The summed E-state index contributed by atoms with van der Waals surface area (Å²) in [6, 6.07) is -0.763. The molecule has 1 fully saturated rings. The van der Waals surface area contributed by atoms with E-state index in [9.17, 15) is 19.3 Å². The van der Waals surface area contributed by atoms with Gasteiger partial charge in [0, 0.05) is 14.2 Å². The van der Waals surface area contributed by atoms with Crippen molar-refractivity contribution in [1.29, 1.82) is 0 Å². The van der Waals surface area contributed by atoms with Gasteiger partial charge in [-0.2, -0.15) is 0 Å². The number of amides is 1. The van der Waals surface area contributed by atoms with Crippen LogP contribution >= 0.6 is 7.60 Å². The van der Waals surface area contributed by atoms with Gasteiger partial charge in [-0.3, -0.25) is 9.36 Å². The molecular formula is C25H52NO8PSi2. The average molecular weight is 582 g/mol. The van der Waals surface area contributed by atoms with E-state index in [0.717, 1.165) is 19.1 Å². The molecule has 1 N–H and O–H groups in total. The van der Waals surface area contributed by atoms with Crippen LogP contribution in [0.4, 0.5) is 0 Å². The average Bonchev–Trinajstić information content (AvgIpc) is 2.79. The van der Waals surface area contributed by atoms with E-state index in [0.29, 0.717) is 18.3 Å². The van der Waals surface area contributed by atoms with Gasteiger partial charge in [0.05, 0.1) is 12.0 Å². The number of hydrogen-bond acceptors (Lipinski definition) is 7. The summed E-state index contributed by atoms with van der Waals surface area (Å²) in [6.45, 7) is 25.3. The first kappa shape index (κ1) is 34.5. The third kappa shape index (κ3) is 6.61. The summed E-state index contributed by atoms with van der Waals surface area (Å²) < 4.78 is 37.4. The number of rotatable bonds is 15. The minimum atomic E-state index is -4.20. The smallest absolute Gasteiger partial charge is 0.364 e. The molecule has 0 spiro atoms. The SMILES string of the molecule is CCC1C(=O)N(C(C(=O)O)P(=O)(OC)OC)C1C(C)(O[SiH](C)C(C)(C)C(C)C)O[SiH](C)C(C)(C)C(C)C. The lowest BCUT2D eigenvalue weighted by Crippen LogP contribution is -2.75. The van der Waals surface area contributed by atoms with Crippen molar-refractivity contribution in [3.8, 4) is 0 Å². The zero-order valence-corrected chi connectivity index (χ0v) is 28.7. The number of nitrogens with zero attached hydrogens (tertiary/aromatic N) is 1. The lowest BCUT2D eigenvalue weighted by Gasteiger charge is -2.58. The van der Waals surface area contributed by atoms with E-state index in [-0.39, 0.29) is 10.1 Å². The van der Waals surface area contributed by atoms with Crippen molar-refractivity contribution < 1.29 is 37.2 Å². The number of carbonyl (C=O) groups excluding carboxylic acids is 1. The number of likely N-dealkylation sites (tertiary alicyclic amines) is 1. The summed E-state index contributed by atoms with van der Waals surface area (Å²) in [5, 5.41) is 9.93. The normalized spacial score (nSPS) is 23.6. The van der Waals surface area contributed by atoms with Gasteiger partial charge in [0.1, 0.15) is 0 Å². The third-order valence-electron chi connectivity index (χ3n) is 9.42. The standard InChI is InChI=1S/C25H52NO8PSi2/c1-15-18-19(26(20(18)27)21(22(28)29)35(30,31-11)32-12)25(10,33-36(13)23(6,7)16(2)3)34-37(14)24(8,9)17(4)5/h16-19,21,36-37H,15H2,1-14H3,(H,28,29). The molecule has 0 aromatic heterocycles. The van der Waals surface area contributed by atoms with E-state index >= 15 is 0 Å². The van der Waals surface area contributed by atoms with Crippen LogP contribution in [0.15, 0.2) is 0 Å². The van der Waals surface area contributed by atoms with Gasteiger partial charge in [0.2, 0.25) is 11.7 Å². The Morgan fingerprint density at radius 1 is 0.973 bits per heavy atom. The first-order chi connectivity index (χ1) is 16.7. The highest BCUT2D eigenvalue weighted by Crippen LogP contribution is 2.57. The lowest BCUT2D eigenvalue weighted by molar-refractivity contribution is -0.221. The first-order valence-electron chi connectivity index (χ1n) is 13.3. The molecule has 0 radical (unpaired) electrons. The number of β-lactam (4-membered cyclic amide) rings is 1. The van der Waals surface area contributed by atoms with E-state index in [1.54, 1.807) is 0 Å². The summed E-state index contributed by atoms with van der Waals surface area (Å²) in [6.07, 6.45) is 0.464. The molecule has 0 aromatic rings.